The number of hydrogen-bond donors (Lipinski definition) is 0. The zero-order valence-electron chi connectivity index (χ0n) is 13.0. The third-order valence-corrected chi connectivity index (χ3v) is 5.15. The first-order chi connectivity index (χ1) is 10.6. The van der Waals surface area contributed by atoms with E-state index < -0.39 is 0 Å². The fourth-order valence-corrected chi connectivity index (χ4v) is 3.57. The van der Waals surface area contributed by atoms with Crippen molar-refractivity contribution >= 4 is 17.2 Å². The summed E-state index contributed by atoms with van der Waals surface area (Å²) in [7, 11) is 0. The van der Waals surface area contributed by atoms with E-state index in [1.165, 1.54) is 0 Å². The van der Waals surface area contributed by atoms with E-state index >= 15 is 0 Å². The van der Waals surface area contributed by atoms with Gasteiger partial charge < -0.3 is 4.90 Å². The Hall–Kier alpha value is -1.76. The number of rotatable bonds is 4. The van der Waals surface area contributed by atoms with Crippen molar-refractivity contribution in [2.75, 3.05) is 13.1 Å². The van der Waals surface area contributed by atoms with Crippen LogP contribution >= 0.6 is 11.3 Å². The Morgan fingerprint density at radius 1 is 1.50 bits per heavy atom. The molecular formula is C15H21N5OS. The quantitative estimate of drug-likeness (QED) is 0.867. The lowest BCUT2D eigenvalue weighted by Gasteiger charge is -2.32. The van der Waals surface area contributed by atoms with Crippen LogP contribution in [0.15, 0.2) is 18.0 Å². The highest BCUT2D eigenvalue weighted by Crippen LogP contribution is 2.22. The molecule has 22 heavy (non-hydrogen) atoms. The van der Waals surface area contributed by atoms with Crippen molar-refractivity contribution in [1.29, 1.82) is 0 Å². The molecule has 0 spiro atoms. The van der Waals surface area contributed by atoms with Gasteiger partial charge in [-0.1, -0.05) is 13.8 Å². The maximum absolute atomic E-state index is 12.5. The van der Waals surface area contributed by atoms with Gasteiger partial charge in [-0.2, -0.15) is 5.10 Å². The number of carbonyl (C=O) groups is 1. The van der Waals surface area contributed by atoms with E-state index in [4.69, 9.17) is 0 Å². The van der Waals surface area contributed by atoms with Crippen molar-refractivity contribution in [2.45, 2.75) is 45.1 Å². The second kappa shape index (κ2) is 6.56. The van der Waals surface area contributed by atoms with Crippen LogP contribution in [-0.2, 0) is 11.2 Å². The zero-order valence-corrected chi connectivity index (χ0v) is 13.8. The van der Waals surface area contributed by atoms with E-state index in [0.29, 0.717) is 18.9 Å². The number of likely N-dealkylation sites (tertiary alicyclic amines) is 1. The maximum atomic E-state index is 12.5. The van der Waals surface area contributed by atoms with Gasteiger partial charge in [-0.05, 0) is 12.8 Å². The van der Waals surface area contributed by atoms with Crippen molar-refractivity contribution in [3.8, 4) is 0 Å². The highest BCUT2D eigenvalue weighted by atomic mass is 32.1. The van der Waals surface area contributed by atoms with Crippen LogP contribution < -0.4 is 0 Å². The summed E-state index contributed by atoms with van der Waals surface area (Å²) in [6.07, 6.45) is 5.72. The van der Waals surface area contributed by atoms with Crippen molar-refractivity contribution in [1.82, 2.24) is 24.6 Å². The van der Waals surface area contributed by atoms with Gasteiger partial charge in [0.15, 0.2) is 0 Å². The largest absolute Gasteiger partial charge is 0.340 e. The Balaban J connectivity index is 1.61. The Morgan fingerprint density at radius 3 is 3.05 bits per heavy atom. The Kier molecular flexibility index (Phi) is 4.52. The van der Waals surface area contributed by atoms with Crippen LogP contribution in [0.2, 0.25) is 0 Å². The number of thiazole rings is 1. The first-order valence-corrected chi connectivity index (χ1v) is 8.57. The molecule has 0 saturated carbocycles. The topological polar surface area (TPSA) is 63.9 Å². The van der Waals surface area contributed by atoms with Crippen LogP contribution in [0.3, 0.4) is 0 Å². The molecule has 7 heteroatoms. The third-order valence-electron chi connectivity index (χ3n) is 3.96. The molecule has 2 aromatic heterocycles. The normalized spacial score (nSPS) is 18.9. The van der Waals surface area contributed by atoms with E-state index in [1.807, 2.05) is 15.0 Å². The van der Waals surface area contributed by atoms with Crippen LogP contribution in [-0.4, -0.2) is 43.6 Å². The summed E-state index contributed by atoms with van der Waals surface area (Å²) in [6.45, 7) is 5.78. The molecule has 0 radical (unpaired) electrons. The fourth-order valence-electron chi connectivity index (χ4n) is 2.74. The van der Waals surface area contributed by atoms with Gasteiger partial charge in [0, 0.05) is 24.4 Å². The van der Waals surface area contributed by atoms with Crippen LogP contribution in [0.5, 0.6) is 0 Å². The van der Waals surface area contributed by atoms with Gasteiger partial charge >= 0.3 is 0 Å². The molecule has 0 N–H and O–H groups in total. The molecule has 0 aliphatic carbocycles. The molecule has 1 fully saturated rings. The van der Waals surface area contributed by atoms with Crippen LogP contribution in [0.1, 0.15) is 49.4 Å². The smallest absolute Gasteiger partial charge is 0.228 e. The molecule has 1 amide bonds. The second-order valence-electron chi connectivity index (χ2n) is 6.02. The van der Waals surface area contributed by atoms with Crippen LogP contribution in [0.4, 0.5) is 0 Å². The number of piperidine rings is 1. The van der Waals surface area contributed by atoms with Crippen molar-refractivity contribution < 1.29 is 4.79 Å². The average molecular weight is 319 g/mol. The van der Waals surface area contributed by atoms with E-state index in [-0.39, 0.29) is 11.9 Å². The molecule has 1 aliphatic heterocycles. The molecule has 1 unspecified atom stereocenters. The molecule has 0 aromatic carbocycles. The second-order valence-corrected chi connectivity index (χ2v) is 6.91. The average Bonchev–Trinajstić information content (AvgIpc) is 3.19. The molecule has 0 bridgehead atoms. The summed E-state index contributed by atoms with van der Waals surface area (Å²) in [5.41, 5.74) is 0.890. The molecule has 2 aromatic rings. The SMILES string of the molecule is CC(C)c1nc(CC(=O)N2CCCC(n3cncn3)C2)cs1. The fraction of sp³-hybridized carbons (Fsp3) is 0.600. The molecule has 3 rings (SSSR count). The minimum absolute atomic E-state index is 0.158. The summed E-state index contributed by atoms with van der Waals surface area (Å²) in [5.74, 6) is 0.575. The van der Waals surface area contributed by atoms with Crippen molar-refractivity contribution in [3.63, 3.8) is 0 Å². The Bertz CT molecular complexity index is 622. The third kappa shape index (κ3) is 3.35. The Labute approximate surface area is 134 Å². The van der Waals surface area contributed by atoms with E-state index in [1.54, 1.807) is 24.0 Å². The van der Waals surface area contributed by atoms with Gasteiger partial charge in [0.05, 0.1) is 23.2 Å². The van der Waals surface area contributed by atoms with Gasteiger partial charge in [0.1, 0.15) is 12.7 Å². The van der Waals surface area contributed by atoms with Gasteiger partial charge in [-0.15, -0.1) is 11.3 Å². The zero-order chi connectivity index (χ0) is 15.5. The number of carbonyl (C=O) groups excluding carboxylic acids is 1. The number of hydrogen-bond acceptors (Lipinski definition) is 5. The van der Waals surface area contributed by atoms with Crippen molar-refractivity contribution in [3.05, 3.63) is 28.7 Å². The van der Waals surface area contributed by atoms with E-state index in [9.17, 15) is 4.79 Å². The Morgan fingerprint density at radius 2 is 2.36 bits per heavy atom. The van der Waals surface area contributed by atoms with Crippen LogP contribution in [0, 0.1) is 0 Å². The predicted octanol–water partition coefficient (Wildman–Crippen LogP) is 2.26. The van der Waals surface area contributed by atoms with Gasteiger partial charge in [-0.3, -0.25) is 4.79 Å². The minimum atomic E-state index is 0.158. The summed E-state index contributed by atoms with van der Waals surface area (Å²) in [6, 6.07) is 0.238. The lowest BCUT2D eigenvalue weighted by molar-refractivity contribution is -0.132. The van der Waals surface area contributed by atoms with E-state index in [0.717, 1.165) is 30.1 Å². The number of nitrogens with zero attached hydrogens (tertiary/aromatic N) is 5. The molecule has 118 valence electrons. The summed E-state index contributed by atoms with van der Waals surface area (Å²) >= 11 is 1.64. The van der Waals surface area contributed by atoms with Gasteiger partial charge in [-0.25, -0.2) is 14.6 Å². The maximum Gasteiger partial charge on any atom is 0.228 e. The van der Waals surface area contributed by atoms with Gasteiger partial charge in [0.2, 0.25) is 5.91 Å². The summed E-state index contributed by atoms with van der Waals surface area (Å²) in [5, 5.41) is 7.30. The molecule has 3 heterocycles. The monoisotopic (exact) mass is 319 g/mol. The predicted molar refractivity (Wildman–Crippen MR) is 84.8 cm³/mol. The molecule has 1 aliphatic rings. The molecule has 1 atom stereocenters. The standard InChI is InChI=1S/C15H21N5OS/c1-11(2)15-18-12(8-22-15)6-14(21)19-5-3-4-13(7-19)20-10-16-9-17-20/h8-11,13H,3-7H2,1-2H3. The first-order valence-electron chi connectivity index (χ1n) is 7.69. The summed E-state index contributed by atoms with van der Waals surface area (Å²) < 4.78 is 1.86. The molecule has 1 saturated heterocycles. The highest BCUT2D eigenvalue weighted by Gasteiger charge is 2.25. The lowest BCUT2D eigenvalue weighted by Crippen LogP contribution is -2.41. The van der Waals surface area contributed by atoms with E-state index in [2.05, 4.69) is 28.9 Å². The van der Waals surface area contributed by atoms with Crippen molar-refractivity contribution in [2.24, 2.45) is 0 Å². The first kappa shape index (κ1) is 15.1. The number of aromatic nitrogens is 4. The molecule has 6 nitrogen and oxygen atoms in total. The van der Waals surface area contributed by atoms with Crippen LogP contribution in [0.25, 0.3) is 0 Å². The summed E-state index contributed by atoms with van der Waals surface area (Å²) in [4.78, 5) is 23.0. The molecular weight excluding hydrogens is 298 g/mol. The lowest BCUT2D eigenvalue weighted by atomic mass is 10.1. The van der Waals surface area contributed by atoms with Gasteiger partial charge in [0.25, 0.3) is 0 Å². The minimum Gasteiger partial charge on any atom is -0.340 e. The number of amides is 1. The highest BCUT2D eigenvalue weighted by molar-refractivity contribution is 7.09.